The van der Waals surface area contributed by atoms with Gasteiger partial charge in [-0.25, -0.2) is 10.6 Å². The number of hydrogen-bond donors (Lipinski definition) is 4. The summed E-state index contributed by atoms with van der Waals surface area (Å²) < 4.78 is 0. The lowest BCUT2D eigenvalue weighted by Gasteiger charge is -2.01. The van der Waals surface area contributed by atoms with E-state index in [0.717, 1.165) is 0 Å². The van der Waals surface area contributed by atoms with Crippen molar-refractivity contribution >= 4 is 12.3 Å². The van der Waals surface area contributed by atoms with Crippen LogP contribution in [0.15, 0.2) is 4.99 Å². The predicted molar refractivity (Wildman–Crippen MR) is 43.6 cm³/mol. The Morgan fingerprint density at radius 3 is 2.92 bits per heavy atom. The monoisotopic (exact) mass is 175 g/mol. The molecule has 0 aromatic rings. The second-order valence-electron chi connectivity index (χ2n) is 2.20. The second kappa shape index (κ2) is 6.56. The van der Waals surface area contributed by atoms with Gasteiger partial charge in [0.15, 0.2) is 6.10 Å². The Labute approximate surface area is 70.1 Å². The number of carboxylic acid groups (broad SMARTS) is 1. The van der Waals surface area contributed by atoms with Gasteiger partial charge in [0.05, 0.1) is 6.34 Å². The molecule has 0 saturated heterocycles. The fourth-order valence-electron chi connectivity index (χ4n) is 0.617. The Bertz CT molecular complexity index is 160. The Kier molecular flexibility index (Phi) is 5.94. The Hall–Kier alpha value is -1.14. The topological polar surface area (TPSA) is 108 Å². The summed E-state index contributed by atoms with van der Waals surface area (Å²) in [7, 11) is 0. The summed E-state index contributed by atoms with van der Waals surface area (Å²) in [4.78, 5) is 13.9. The van der Waals surface area contributed by atoms with E-state index in [0.29, 0.717) is 13.0 Å². The first-order chi connectivity index (χ1) is 5.68. The third kappa shape index (κ3) is 5.63. The van der Waals surface area contributed by atoms with Gasteiger partial charge in [0.2, 0.25) is 0 Å². The van der Waals surface area contributed by atoms with Gasteiger partial charge in [0.1, 0.15) is 0 Å². The van der Waals surface area contributed by atoms with E-state index < -0.39 is 12.1 Å². The molecule has 0 aliphatic rings. The summed E-state index contributed by atoms with van der Waals surface area (Å²) in [6, 6.07) is 0. The van der Waals surface area contributed by atoms with E-state index in [1.54, 1.807) is 0 Å². The van der Waals surface area contributed by atoms with E-state index in [4.69, 9.17) is 16.1 Å². The number of nitrogens with zero attached hydrogens (tertiary/aromatic N) is 1. The van der Waals surface area contributed by atoms with Crippen LogP contribution < -0.4 is 11.3 Å². The molecule has 12 heavy (non-hydrogen) atoms. The molecule has 0 aromatic heterocycles. The number of aliphatic imine (C=N–C) groups is 1. The van der Waals surface area contributed by atoms with Gasteiger partial charge in [-0.1, -0.05) is 0 Å². The molecule has 0 unspecified atom stereocenters. The molecule has 6 nitrogen and oxygen atoms in total. The van der Waals surface area contributed by atoms with E-state index in [1.165, 1.54) is 6.34 Å². The van der Waals surface area contributed by atoms with Crippen molar-refractivity contribution in [2.45, 2.75) is 18.9 Å². The predicted octanol–water partition coefficient (Wildman–Crippen LogP) is -1.30. The van der Waals surface area contributed by atoms with E-state index in [1.807, 2.05) is 0 Å². The largest absolute Gasteiger partial charge is 0.479 e. The number of nitrogens with two attached hydrogens (primary N) is 1. The van der Waals surface area contributed by atoms with E-state index >= 15 is 0 Å². The zero-order chi connectivity index (χ0) is 9.40. The molecule has 5 N–H and O–H groups in total. The zero-order valence-corrected chi connectivity index (χ0v) is 6.60. The van der Waals surface area contributed by atoms with Gasteiger partial charge in [-0.2, -0.15) is 0 Å². The average molecular weight is 175 g/mol. The molecule has 0 rings (SSSR count). The van der Waals surface area contributed by atoms with Gasteiger partial charge in [0, 0.05) is 6.54 Å². The molecule has 70 valence electrons. The van der Waals surface area contributed by atoms with Crippen LogP contribution in [-0.2, 0) is 4.79 Å². The van der Waals surface area contributed by atoms with Crippen LogP contribution in [0.25, 0.3) is 0 Å². The molecule has 0 aliphatic heterocycles. The molecule has 0 aromatic carbocycles. The number of aliphatic hydroxyl groups excluding tert-OH is 1. The molecule has 0 bridgehead atoms. The number of nitrogens with one attached hydrogen (secondary N) is 1. The van der Waals surface area contributed by atoms with Gasteiger partial charge in [0.25, 0.3) is 0 Å². The smallest absolute Gasteiger partial charge is 0.332 e. The molecule has 0 saturated carbocycles. The molecule has 0 fully saturated rings. The van der Waals surface area contributed by atoms with Crippen LogP contribution in [0.3, 0.4) is 0 Å². The number of hydrogen-bond acceptors (Lipinski definition) is 4. The van der Waals surface area contributed by atoms with Crippen molar-refractivity contribution < 1.29 is 15.0 Å². The first kappa shape index (κ1) is 10.9. The van der Waals surface area contributed by atoms with Crippen LogP contribution in [0.5, 0.6) is 0 Å². The highest BCUT2D eigenvalue weighted by molar-refractivity contribution is 5.71. The average Bonchev–Trinajstić information content (AvgIpc) is 2.03. The van der Waals surface area contributed by atoms with E-state index in [-0.39, 0.29) is 6.42 Å². The van der Waals surface area contributed by atoms with E-state index in [2.05, 4.69) is 10.4 Å². The van der Waals surface area contributed by atoms with Crippen LogP contribution in [0.2, 0.25) is 0 Å². The normalized spacial score (nSPS) is 13.2. The third-order valence-electron chi connectivity index (χ3n) is 1.22. The highest BCUT2D eigenvalue weighted by atomic mass is 16.4. The maximum absolute atomic E-state index is 10.1. The Balaban J connectivity index is 3.31. The van der Waals surface area contributed by atoms with E-state index in [9.17, 15) is 4.79 Å². The van der Waals surface area contributed by atoms with Crippen LogP contribution in [0, 0.1) is 0 Å². The summed E-state index contributed by atoms with van der Waals surface area (Å²) in [5.74, 6) is 3.68. The molecule has 0 spiro atoms. The van der Waals surface area contributed by atoms with Crippen LogP contribution in [0.4, 0.5) is 0 Å². The van der Waals surface area contributed by atoms with Crippen molar-refractivity contribution in [1.82, 2.24) is 5.43 Å². The quantitative estimate of drug-likeness (QED) is 0.132. The van der Waals surface area contributed by atoms with Gasteiger partial charge in [-0.15, -0.1) is 0 Å². The molecule has 0 aliphatic carbocycles. The number of rotatable bonds is 6. The standard InChI is InChI=1S/C6H13N3O3/c7-9-4-8-3-1-2-5(10)6(11)12/h4-5,10H,1-3,7H2,(H,8,9)(H,11,12)/t5-/m0/s1. The Morgan fingerprint density at radius 2 is 2.42 bits per heavy atom. The minimum Gasteiger partial charge on any atom is -0.479 e. The van der Waals surface area contributed by atoms with Crippen LogP contribution >= 0.6 is 0 Å². The number of aliphatic hydroxyl groups is 1. The number of carboxylic acids is 1. The van der Waals surface area contributed by atoms with Gasteiger partial charge in [-0.3, -0.25) is 4.99 Å². The molecular weight excluding hydrogens is 162 g/mol. The van der Waals surface area contributed by atoms with Crippen LogP contribution in [-0.4, -0.2) is 35.2 Å². The van der Waals surface area contributed by atoms with Crippen molar-refractivity contribution in [1.29, 1.82) is 0 Å². The van der Waals surface area contributed by atoms with Crippen molar-refractivity contribution in [3.8, 4) is 0 Å². The molecule has 0 heterocycles. The molecule has 6 heteroatoms. The second-order valence-corrected chi connectivity index (χ2v) is 2.20. The van der Waals surface area contributed by atoms with Crippen LogP contribution in [0.1, 0.15) is 12.8 Å². The SMILES string of the molecule is NNC=NCCC[C@H](O)C(=O)O. The molecule has 0 amide bonds. The minimum absolute atomic E-state index is 0.206. The maximum Gasteiger partial charge on any atom is 0.332 e. The van der Waals surface area contributed by atoms with Gasteiger partial charge >= 0.3 is 5.97 Å². The highest BCUT2D eigenvalue weighted by Crippen LogP contribution is 1.96. The lowest BCUT2D eigenvalue weighted by Crippen LogP contribution is -2.20. The molecule has 0 radical (unpaired) electrons. The lowest BCUT2D eigenvalue weighted by molar-refractivity contribution is -0.146. The Morgan fingerprint density at radius 1 is 1.75 bits per heavy atom. The lowest BCUT2D eigenvalue weighted by atomic mass is 10.2. The molecule has 1 atom stereocenters. The maximum atomic E-state index is 10.1. The fourth-order valence-corrected chi connectivity index (χ4v) is 0.617. The van der Waals surface area contributed by atoms with Crippen molar-refractivity contribution in [2.75, 3.05) is 6.54 Å². The fraction of sp³-hybridized carbons (Fsp3) is 0.667. The highest BCUT2D eigenvalue weighted by Gasteiger charge is 2.11. The first-order valence-corrected chi connectivity index (χ1v) is 3.53. The van der Waals surface area contributed by atoms with Gasteiger partial charge < -0.3 is 15.6 Å². The molecular formula is C6H13N3O3. The summed E-state index contributed by atoms with van der Waals surface area (Å²) in [6.07, 6.45) is 0.752. The van der Waals surface area contributed by atoms with Crippen molar-refractivity contribution in [3.05, 3.63) is 0 Å². The number of aliphatic carboxylic acids is 1. The summed E-state index contributed by atoms with van der Waals surface area (Å²) in [6.45, 7) is 0.453. The minimum atomic E-state index is -1.29. The summed E-state index contributed by atoms with van der Waals surface area (Å²) in [5.41, 5.74) is 2.21. The summed E-state index contributed by atoms with van der Waals surface area (Å²) in [5, 5.41) is 17.1. The third-order valence-corrected chi connectivity index (χ3v) is 1.22. The number of hydrazine groups is 1. The summed E-state index contributed by atoms with van der Waals surface area (Å²) >= 11 is 0. The van der Waals surface area contributed by atoms with Crippen molar-refractivity contribution in [2.24, 2.45) is 10.8 Å². The first-order valence-electron chi connectivity index (χ1n) is 3.53. The van der Waals surface area contributed by atoms with Crippen molar-refractivity contribution in [3.63, 3.8) is 0 Å². The zero-order valence-electron chi connectivity index (χ0n) is 6.60. The number of carbonyl (C=O) groups is 1. The van der Waals surface area contributed by atoms with Gasteiger partial charge in [-0.05, 0) is 12.8 Å².